The molecule has 0 aromatic carbocycles. The molecule has 20 heavy (non-hydrogen) atoms. The molecule has 0 unspecified atom stereocenters. The predicted molar refractivity (Wildman–Crippen MR) is 75.4 cm³/mol. The highest BCUT2D eigenvalue weighted by atomic mass is 16.6. The molecule has 1 rings (SSSR count). The molecule has 1 aliphatic carbocycles. The number of hydrogen-bond donors (Lipinski definition) is 3. The van der Waals surface area contributed by atoms with E-state index in [4.69, 9.17) is 15.6 Å². The van der Waals surface area contributed by atoms with E-state index in [1.54, 1.807) is 0 Å². The zero-order valence-electron chi connectivity index (χ0n) is 12.8. The third-order valence-electron chi connectivity index (χ3n) is 3.66. The average molecular weight is 286 g/mol. The minimum atomic E-state index is -0.879. The normalized spacial score (nSPS) is 30.6. The fraction of sp³-hybridized carbons (Fsp3) is 0.857. The lowest BCUT2D eigenvalue weighted by Gasteiger charge is -2.42. The van der Waals surface area contributed by atoms with E-state index >= 15 is 0 Å². The van der Waals surface area contributed by atoms with Crippen LogP contribution in [0.4, 0.5) is 4.79 Å². The maximum atomic E-state index is 11.8. The monoisotopic (exact) mass is 286 g/mol. The lowest BCUT2D eigenvalue weighted by atomic mass is 9.72. The van der Waals surface area contributed by atoms with E-state index < -0.39 is 23.2 Å². The maximum Gasteiger partial charge on any atom is 0.408 e. The van der Waals surface area contributed by atoms with Crippen LogP contribution in [0.5, 0.6) is 0 Å². The van der Waals surface area contributed by atoms with E-state index in [1.165, 1.54) is 0 Å². The van der Waals surface area contributed by atoms with Crippen molar-refractivity contribution in [3.05, 3.63) is 0 Å². The van der Waals surface area contributed by atoms with Gasteiger partial charge in [0.2, 0.25) is 0 Å². The zero-order valence-corrected chi connectivity index (χ0v) is 12.8. The Morgan fingerprint density at radius 2 is 1.75 bits per heavy atom. The van der Waals surface area contributed by atoms with Crippen molar-refractivity contribution in [2.24, 2.45) is 5.73 Å². The first kappa shape index (κ1) is 16.8. The van der Waals surface area contributed by atoms with Crippen molar-refractivity contribution >= 4 is 12.1 Å². The summed E-state index contributed by atoms with van der Waals surface area (Å²) in [6, 6.07) is 0. The number of rotatable bonds is 3. The number of carboxylic acid groups (broad SMARTS) is 1. The lowest BCUT2D eigenvalue weighted by molar-refractivity contribution is -0.138. The Morgan fingerprint density at radius 1 is 1.25 bits per heavy atom. The van der Waals surface area contributed by atoms with Gasteiger partial charge in [-0.15, -0.1) is 0 Å². The van der Waals surface area contributed by atoms with Crippen molar-refractivity contribution in [3.8, 4) is 0 Å². The van der Waals surface area contributed by atoms with Crippen LogP contribution in [0.1, 0.15) is 59.8 Å². The molecule has 1 fully saturated rings. The van der Waals surface area contributed by atoms with Crippen molar-refractivity contribution in [1.82, 2.24) is 5.32 Å². The fourth-order valence-electron chi connectivity index (χ4n) is 2.45. The molecular weight excluding hydrogens is 260 g/mol. The Kier molecular flexibility index (Phi) is 4.69. The molecule has 0 spiro atoms. The molecule has 116 valence electrons. The Labute approximate surface area is 120 Å². The van der Waals surface area contributed by atoms with Gasteiger partial charge in [0.25, 0.3) is 0 Å². The lowest BCUT2D eigenvalue weighted by Crippen LogP contribution is -2.55. The van der Waals surface area contributed by atoms with Gasteiger partial charge >= 0.3 is 12.1 Å². The summed E-state index contributed by atoms with van der Waals surface area (Å²) in [5.74, 6) is -0.879. The van der Waals surface area contributed by atoms with E-state index in [9.17, 15) is 9.59 Å². The van der Waals surface area contributed by atoms with Crippen LogP contribution >= 0.6 is 0 Å². The molecule has 6 nitrogen and oxygen atoms in total. The molecule has 0 aliphatic heterocycles. The Balaban J connectivity index is 2.54. The first-order valence-electron chi connectivity index (χ1n) is 6.95. The molecule has 1 amide bonds. The summed E-state index contributed by atoms with van der Waals surface area (Å²) in [5, 5.41) is 11.7. The molecule has 0 saturated heterocycles. The fourth-order valence-corrected chi connectivity index (χ4v) is 2.45. The van der Waals surface area contributed by atoms with Crippen LogP contribution in [0.3, 0.4) is 0 Å². The van der Waals surface area contributed by atoms with Gasteiger partial charge in [-0.25, -0.2) is 4.79 Å². The highest BCUT2D eigenvalue weighted by Gasteiger charge is 2.40. The molecule has 0 atom stereocenters. The second-order valence-corrected chi connectivity index (χ2v) is 7.12. The molecular formula is C14H26N2O4. The Hall–Kier alpha value is -1.30. The number of ether oxygens (including phenoxy) is 1. The topological polar surface area (TPSA) is 102 Å². The number of carboxylic acids is 1. The summed E-state index contributed by atoms with van der Waals surface area (Å²) in [4.78, 5) is 22.6. The predicted octanol–water partition coefficient (Wildman–Crippen LogP) is 2.02. The molecule has 0 aromatic rings. The quantitative estimate of drug-likeness (QED) is 0.736. The smallest absolute Gasteiger partial charge is 0.408 e. The standard InChI is InChI=1S/C14H26N2O4/c1-12(2,3)20-11(19)16-13(4)5-7-14(15,8-6-13)9-10(17)18/h5-9,15H2,1-4H3,(H,16,19)(H,17,18). The van der Waals surface area contributed by atoms with Crippen LogP contribution in [0.15, 0.2) is 0 Å². The van der Waals surface area contributed by atoms with Gasteiger partial charge in [0.1, 0.15) is 5.60 Å². The molecule has 6 heteroatoms. The van der Waals surface area contributed by atoms with Gasteiger partial charge in [-0.05, 0) is 53.4 Å². The number of hydrogen-bond acceptors (Lipinski definition) is 4. The van der Waals surface area contributed by atoms with Gasteiger partial charge < -0.3 is 20.9 Å². The Bertz CT molecular complexity index is 379. The molecule has 0 aromatic heterocycles. The van der Waals surface area contributed by atoms with Crippen LogP contribution in [0.2, 0.25) is 0 Å². The van der Waals surface area contributed by atoms with Gasteiger partial charge in [0.15, 0.2) is 0 Å². The minimum absolute atomic E-state index is 0.0322. The summed E-state index contributed by atoms with van der Waals surface area (Å²) in [6.45, 7) is 7.38. The highest BCUT2D eigenvalue weighted by Crippen LogP contribution is 2.35. The number of alkyl carbamates (subject to hydrolysis) is 1. The van der Waals surface area contributed by atoms with Crippen LogP contribution in [0.25, 0.3) is 0 Å². The van der Waals surface area contributed by atoms with Crippen molar-refractivity contribution in [2.45, 2.75) is 76.5 Å². The Morgan fingerprint density at radius 3 is 2.15 bits per heavy atom. The number of carbonyl (C=O) groups excluding carboxylic acids is 1. The van der Waals surface area contributed by atoms with Crippen molar-refractivity contribution in [1.29, 1.82) is 0 Å². The third kappa shape index (κ3) is 5.36. The molecule has 0 heterocycles. The summed E-state index contributed by atoms with van der Waals surface area (Å²) >= 11 is 0. The largest absolute Gasteiger partial charge is 0.481 e. The van der Waals surface area contributed by atoms with E-state index in [0.717, 1.165) is 0 Å². The van der Waals surface area contributed by atoms with Gasteiger partial charge in [-0.1, -0.05) is 0 Å². The summed E-state index contributed by atoms with van der Waals surface area (Å²) in [7, 11) is 0. The number of aliphatic carboxylic acids is 1. The van der Waals surface area contributed by atoms with Crippen LogP contribution in [-0.2, 0) is 9.53 Å². The average Bonchev–Trinajstić information content (AvgIpc) is 2.19. The number of amides is 1. The SMILES string of the molecule is CC1(NC(=O)OC(C)(C)C)CCC(N)(CC(=O)O)CC1. The molecule has 1 aliphatic rings. The number of carbonyl (C=O) groups is 2. The molecule has 1 saturated carbocycles. The molecule has 0 radical (unpaired) electrons. The second-order valence-electron chi connectivity index (χ2n) is 7.12. The van der Waals surface area contributed by atoms with E-state index in [-0.39, 0.29) is 12.0 Å². The van der Waals surface area contributed by atoms with Gasteiger partial charge in [0, 0.05) is 11.1 Å². The molecule has 0 bridgehead atoms. The van der Waals surface area contributed by atoms with Crippen LogP contribution < -0.4 is 11.1 Å². The van der Waals surface area contributed by atoms with Crippen molar-refractivity contribution < 1.29 is 19.4 Å². The van der Waals surface area contributed by atoms with Crippen LogP contribution in [0, 0.1) is 0 Å². The third-order valence-corrected chi connectivity index (χ3v) is 3.66. The van der Waals surface area contributed by atoms with E-state index in [0.29, 0.717) is 25.7 Å². The molecule has 4 N–H and O–H groups in total. The summed E-state index contributed by atoms with van der Waals surface area (Å²) in [6.07, 6.45) is 1.97. The van der Waals surface area contributed by atoms with Crippen molar-refractivity contribution in [2.75, 3.05) is 0 Å². The first-order chi connectivity index (χ1) is 8.93. The van der Waals surface area contributed by atoms with Crippen LogP contribution in [-0.4, -0.2) is 33.8 Å². The highest BCUT2D eigenvalue weighted by molar-refractivity contribution is 5.69. The van der Waals surface area contributed by atoms with Crippen molar-refractivity contribution in [3.63, 3.8) is 0 Å². The minimum Gasteiger partial charge on any atom is -0.481 e. The second kappa shape index (κ2) is 5.60. The maximum absolute atomic E-state index is 11.8. The van der Waals surface area contributed by atoms with Gasteiger partial charge in [-0.2, -0.15) is 0 Å². The number of nitrogens with two attached hydrogens (primary N) is 1. The first-order valence-corrected chi connectivity index (χ1v) is 6.95. The van der Waals surface area contributed by atoms with Gasteiger partial charge in [-0.3, -0.25) is 4.79 Å². The van der Waals surface area contributed by atoms with Gasteiger partial charge in [0.05, 0.1) is 6.42 Å². The summed E-state index contributed by atoms with van der Waals surface area (Å²) < 4.78 is 5.25. The number of nitrogens with one attached hydrogen (secondary N) is 1. The van der Waals surface area contributed by atoms with E-state index in [2.05, 4.69) is 5.32 Å². The summed E-state index contributed by atoms with van der Waals surface area (Å²) in [5.41, 5.74) is 4.51. The van der Waals surface area contributed by atoms with E-state index in [1.807, 2.05) is 27.7 Å². The zero-order chi connectivity index (χ0) is 15.6.